The summed E-state index contributed by atoms with van der Waals surface area (Å²) in [5, 5.41) is 17.2. The number of anilines is 1. The lowest BCUT2D eigenvalue weighted by Gasteiger charge is -2.20. The van der Waals surface area contributed by atoms with Crippen molar-refractivity contribution in [2.24, 2.45) is 0 Å². The number of nitrogens with zero attached hydrogens (tertiary/aromatic N) is 1. The van der Waals surface area contributed by atoms with Crippen molar-refractivity contribution in [2.45, 2.75) is 26.3 Å². The van der Waals surface area contributed by atoms with E-state index in [4.69, 9.17) is 11.6 Å². The first-order valence-electron chi connectivity index (χ1n) is 5.72. The Morgan fingerprint density at radius 3 is 2.50 bits per heavy atom. The van der Waals surface area contributed by atoms with Crippen LogP contribution in [0.2, 0.25) is 5.02 Å². The summed E-state index contributed by atoms with van der Waals surface area (Å²) in [5.41, 5.74) is 0.783. The second-order valence-electron chi connectivity index (χ2n) is 5.03. The summed E-state index contributed by atoms with van der Waals surface area (Å²) in [6, 6.07) is 4.62. The third-order valence-corrected chi connectivity index (χ3v) is 2.56. The van der Waals surface area contributed by atoms with Crippen LogP contribution in [0.25, 0.3) is 0 Å². The van der Waals surface area contributed by atoms with Crippen molar-refractivity contribution < 1.29 is 4.92 Å². The highest BCUT2D eigenvalue weighted by molar-refractivity contribution is 6.32. The predicted molar refractivity (Wildman–Crippen MR) is 74.4 cm³/mol. The molecule has 0 bridgehead atoms. The molecule has 1 aromatic carbocycles. The van der Waals surface area contributed by atoms with E-state index in [0.29, 0.717) is 0 Å². The molecule has 0 aliphatic heterocycles. The summed E-state index contributed by atoms with van der Waals surface area (Å²) < 4.78 is 0. The fourth-order valence-electron chi connectivity index (χ4n) is 1.41. The van der Waals surface area contributed by atoms with Gasteiger partial charge in [0.1, 0.15) is 5.02 Å². The van der Waals surface area contributed by atoms with Gasteiger partial charge in [-0.05, 0) is 32.9 Å². The maximum atomic E-state index is 10.6. The van der Waals surface area contributed by atoms with Crippen LogP contribution in [0.4, 0.5) is 11.4 Å². The number of hydrogen-bond donors (Lipinski definition) is 2. The van der Waals surface area contributed by atoms with Crippen LogP contribution in [0.5, 0.6) is 0 Å². The number of halogens is 1. The molecule has 0 saturated carbocycles. The molecule has 0 amide bonds. The van der Waals surface area contributed by atoms with E-state index in [2.05, 4.69) is 31.4 Å². The third kappa shape index (κ3) is 4.89. The minimum atomic E-state index is -0.493. The highest BCUT2D eigenvalue weighted by Gasteiger charge is 2.12. The topological polar surface area (TPSA) is 67.2 Å². The smallest absolute Gasteiger partial charge is 0.288 e. The van der Waals surface area contributed by atoms with Crippen LogP contribution in [0.15, 0.2) is 18.2 Å². The quantitative estimate of drug-likeness (QED) is 0.491. The molecule has 1 aromatic rings. The minimum absolute atomic E-state index is 0.0740. The van der Waals surface area contributed by atoms with E-state index in [1.165, 1.54) is 6.07 Å². The van der Waals surface area contributed by atoms with E-state index >= 15 is 0 Å². The van der Waals surface area contributed by atoms with Crippen LogP contribution in [0, 0.1) is 10.1 Å². The number of hydrogen-bond acceptors (Lipinski definition) is 4. The molecular formula is C12H18ClN3O2. The Morgan fingerprint density at radius 1 is 1.33 bits per heavy atom. The second-order valence-corrected chi connectivity index (χ2v) is 5.43. The molecule has 2 N–H and O–H groups in total. The number of rotatable bonds is 5. The molecule has 0 atom stereocenters. The molecule has 100 valence electrons. The summed E-state index contributed by atoms with van der Waals surface area (Å²) in [6.07, 6.45) is 0. The molecule has 18 heavy (non-hydrogen) atoms. The van der Waals surface area contributed by atoms with Gasteiger partial charge in [-0.2, -0.15) is 0 Å². The lowest BCUT2D eigenvalue weighted by Crippen LogP contribution is -2.38. The van der Waals surface area contributed by atoms with Crippen LogP contribution in [-0.2, 0) is 0 Å². The predicted octanol–water partition coefficient (Wildman–Crippen LogP) is 3.05. The van der Waals surface area contributed by atoms with Gasteiger partial charge >= 0.3 is 0 Å². The zero-order valence-electron chi connectivity index (χ0n) is 10.8. The normalized spacial score (nSPS) is 11.3. The summed E-state index contributed by atoms with van der Waals surface area (Å²) in [5.74, 6) is 0. The Bertz CT molecular complexity index is 430. The highest BCUT2D eigenvalue weighted by atomic mass is 35.5. The summed E-state index contributed by atoms with van der Waals surface area (Å²) in [6.45, 7) is 7.81. The number of nitro benzene ring substituents is 1. The molecule has 0 spiro atoms. The summed E-state index contributed by atoms with van der Waals surface area (Å²) in [7, 11) is 0. The van der Waals surface area contributed by atoms with Gasteiger partial charge in [-0.3, -0.25) is 10.1 Å². The number of nitrogens with one attached hydrogen (secondary N) is 2. The zero-order chi connectivity index (χ0) is 13.8. The van der Waals surface area contributed by atoms with Gasteiger partial charge in [-0.15, -0.1) is 0 Å². The second kappa shape index (κ2) is 6.02. The molecule has 0 fully saturated rings. The van der Waals surface area contributed by atoms with Crippen molar-refractivity contribution in [3.05, 3.63) is 33.3 Å². The standard InChI is InChI=1S/C12H18ClN3O2/c1-12(2,3)15-7-6-14-9-4-5-11(16(17)18)10(13)8-9/h4-5,8,14-15H,6-7H2,1-3H3. The average molecular weight is 272 g/mol. The Morgan fingerprint density at radius 2 is 2.00 bits per heavy atom. The van der Waals surface area contributed by atoms with Crippen LogP contribution in [0.1, 0.15) is 20.8 Å². The Hall–Kier alpha value is -1.33. The first-order valence-corrected chi connectivity index (χ1v) is 6.10. The molecule has 0 unspecified atom stereocenters. The molecule has 0 heterocycles. The summed E-state index contributed by atoms with van der Waals surface area (Å²) >= 11 is 5.81. The molecule has 0 aliphatic rings. The Kier molecular flexibility index (Phi) is 4.93. The van der Waals surface area contributed by atoms with Crippen molar-refractivity contribution >= 4 is 23.0 Å². The monoisotopic (exact) mass is 271 g/mol. The van der Waals surface area contributed by atoms with E-state index in [-0.39, 0.29) is 16.2 Å². The van der Waals surface area contributed by atoms with Crippen molar-refractivity contribution in [2.75, 3.05) is 18.4 Å². The van der Waals surface area contributed by atoms with Crippen LogP contribution < -0.4 is 10.6 Å². The van der Waals surface area contributed by atoms with Crippen LogP contribution in [-0.4, -0.2) is 23.6 Å². The van der Waals surface area contributed by atoms with Gasteiger partial charge in [0.05, 0.1) is 4.92 Å². The molecule has 0 saturated heterocycles. The van der Waals surface area contributed by atoms with Gasteiger partial charge in [-0.1, -0.05) is 11.6 Å². The van der Waals surface area contributed by atoms with Gasteiger partial charge in [0.25, 0.3) is 5.69 Å². The van der Waals surface area contributed by atoms with Gasteiger partial charge < -0.3 is 10.6 Å². The largest absolute Gasteiger partial charge is 0.384 e. The van der Waals surface area contributed by atoms with E-state index in [1.807, 2.05) is 0 Å². The fraction of sp³-hybridized carbons (Fsp3) is 0.500. The van der Waals surface area contributed by atoms with Crippen LogP contribution >= 0.6 is 11.6 Å². The van der Waals surface area contributed by atoms with Gasteiger partial charge in [0.2, 0.25) is 0 Å². The van der Waals surface area contributed by atoms with Crippen molar-refractivity contribution in [1.29, 1.82) is 0 Å². The SMILES string of the molecule is CC(C)(C)NCCNc1ccc([N+](=O)[O-])c(Cl)c1. The first kappa shape index (κ1) is 14.7. The van der Waals surface area contributed by atoms with E-state index in [9.17, 15) is 10.1 Å². The summed E-state index contributed by atoms with van der Waals surface area (Å²) in [4.78, 5) is 10.1. The van der Waals surface area contributed by atoms with E-state index in [1.54, 1.807) is 12.1 Å². The Balaban J connectivity index is 2.49. The molecule has 5 nitrogen and oxygen atoms in total. The zero-order valence-corrected chi connectivity index (χ0v) is 11.5. The minimum Gasteiger partial charge on any atom is -0.384 e. The molecular weight excluding hydrogens is 254 g/mol. The maximum Gasteiger partial charge on any atom is 0.288 e. The Labute approximate surface area is 112 Å². The number of nitro groups is 1. The maximum absolute atomic E-state index is 10.6. The van der Waals surface area contributed by atoms with E-state index in [0.717, 1.165) is 18.8 Å². The molecule has 0 aliphatic carbocycles. The van der Waals surface area contributed by atoms with Crippen LogP contribution in [0.3, 0.4) is 0 Å². The van der Waals surface area contributed by atoms with Crippen molar-refractivity contribution in [3.63, 3.8) is 0 Å². The lowest BCUT2D eigenvalue weighted by molar-refractivity contribution is -0.384. The third-order valence-electron chi connectivity index (χ3n) is 2.25. The molecule has 0 radical (unpaired) electrons. The van der Waals surface area contributed by atoms with Crippen molar-refractivity contribution in [3.8, 4) is 0 Å². The number of benzene rings is 1. The van der Waals surface area contributed by atoms with E-state index < -0.39 is 4.92 Å². The lowest BCUT2D eigenvalue weighted by atomic mass is 10.1. The van der Waals surface area contributed by atoms with Gasteiger partial charge in [0, 0.05) is 30.4 Å². The molecule has 0 aromatic heterocycles. The van der Waals surface area contributed by atoms with Gasteiger partial charge in [0.15, 0.2) is 0 Å². The first-order chi connectivity index (χ1) is 8.29. The fourth-order valence-corrected chi connectivity index (χ4v) is 1.66. The highest BCUT2D eigenvalue weighted by Crippen LogP contribution is 2.26. The average Bonchev–Trinajstić information content (AvgIpc) is 2.22. The molecule has 6 heteroatoms. The van der Waals surface area contributed by atoms with Crippen molar-refractivity contribution in [1.82, 2.24) is 5.32 Å². The van der Waals surface area contributed by atoms with Gasteiger partial charge in [-0.25, -0.2) is 0 Å². The molecule has 1 rings (SSSR count).